The van der Waals surface area contributed by atoms with Crippen LogP contribution >= 0.6 is 0 Å². The second-order valence-electron chi connectivity index (χ2n) is 4.28. The molecule has 5 unspecified atom stereocenters. The van der Waals surface area contributed by atoms with E-state index in [1.54, 1.807) is 0 Å². The molecule has 0 amide bonds. The van der Waals surface area contributed by atoms with Gasteiger partial charge in [0.05, 0.1) is 5.92 Å². The zero-order valence-corrected chi connectivity index (χ0v) is 6.56. The number of carbonyl (C=O) groups is 2. The van der Waals surface area contributed by atoms with Gasteiger partial charge >= 0.3 is 5.97 Å². The highest BCUT2D eigenvalue weighted by molar-refractivity contribution is 5.95. The van der Waals surface area contributed by atoms with Crippen LogP contribution in [0.2, 0.25) is 0 Å². The Hall–Kier alpha value is -0.860. The van der Waals surface area contributed by atoms with Gasteiger partial charge < -0.3 is 5.11 Å². The van der Waals surface area contributed by atoms with E-state index < -0.39 is 5.97 Å². The van der Waals surface area contributed by atoms with Gasteiger partial charge in [0.2, 0.25) is 0 Å². The average molecular weight is 166 g/mol. The minimum Gasteiger partial charge on any atom is -0.481 e. The zero-order valence-electron chi connectivity index (χ0n) is 6.56. The molecular weight excluding hydrogens is 156 g/mol. The van der Waals surface area contributed by atoms with Crippen LogP contribution in [0.25, 0.3) is 0 Å². The molecule has 3 fully saturated rings. The summed E-state index contributed by atoms with van der Waals surface area (Å²) in [5.41, 5.74) is 0. The van der Waals surface area contributed by atoms with Crippen LogP contribution in [0.5, 0.6) is 0 Å². The van der Waals surface area contributed by atoms with Gasteiger partial charge in [-0.25, -0.2) is 0 Å². The van der Waals surface area contributed by atoms with E-state index in [2.05, 4.69) is 0 Å². The van der Waals surface area contributed by atoms with Crippen molar-refractivity contribution in [2.45, 2.75) is 12.8 Å². The van der Waals surface area contributed by atoms with Crippen molar-refractivity contribution in [1.82, 2.24) is 0 Å². The molecule has 0 aromatic carbocycles. The van der Waals surface area contributed by atoms with Crippen LogP contribution < -0.4 is 0 Å². The highest BCUT2D eigenvalue weighted by Gasteiger charge is 2.67. The molecular formula is C9H10O3. The van der Waals surface area contributed by atoms with Crippen molar-refractivity contribution in [3.63, 3.8) is 0 Å². The fraction of sp³-hybridized carbons (Fsp3) is 0.778. The molecule has 3 nitrogen and oxygen atoms in total. The molecule has 0 aromatic heterocycles. The number of aliphatic carboxylic acids is 1. The van der Waals surface area contributed by atoms with E-state index in [4.69, 9.17) is 5.11 Å². The molecule has 0 heterocycles. The molecule has 12 heavy (non-hydrogen) atoms. The Labute approximate surface area is 69.8 Å². The van der Waals surface area contributed by atoms with Crippen LogP contribution in [0.4, 0.5) is 0 Å². The number of hydrogen-bond donors (Lipinski definition) is 1. The molecule has 0 saturated heterocycles. The van der Waals surface area contributed by atoms with E-state index in [0.717, 1.165) is 6.42 Å². The summed E-state index contributed by atoms with van der Waals surface area (Å²) in [5, 5.41) is 8.84. The van der Waals surface area contributed by atoms with Gasteiger partial charge in [-0.1, -0.05) is 0 Å². The lowest BCUT2D eigenvalue weighted by atomic mass is 9.89. The standard InChI is InChI=1S/C9H10O3/c10-8-5-2-6(9(11)12)7(8)4-1-3(4)5/h3-7H,1-2H2,(H,11,12). The summed E-state index contributed by atoms with van der Waals surface area (Å²) in [6.07, 6.45) is 1.74. The lowest BCUT2D eigenvalue weighted by Gasteiger charge is -2.14. The molecule has 3 heteroatoms. The van der Waals surface area contributed by atoms with Crippen molar-refractivity contribution < 1.29 is 14.7 Å². The molecule has 0 spiro atoms. The number of carboxylic acids is 1. The van der Waals surface area contributed by atoms with Crippen LogP contribution in [0.3, 0.4) is 0 Å². The molecule has 3 saturated carbocycles. The maximum absolute atomic E-state index is 11.5. The monoisotopic (exact) mass is 166 g/mol. The molecule has 2 bridgehead atoms. The molecule has 3 aliphatic carbocycles. The Balaban J connectivity index is 1.96. The number of carbonyl (C=O) groups excluding carboxylic acids is 1. The van der Waals surface area contributed by atoms with Crippen LogP contribution in [0, 0.1) is 29.6 Å². The first-order valence-electron chi connectivity index (χ1n) is 4.46. The molecule has 3 aliphatic rings. The number of carboxylic acid groups (broad SMARTS) is 1. The first-order valence-corrected chi connectivity index (χ1v) is 4.46. The topological polar surface area (TPSA) is 54.4 Å². The van der Waals surface area contributed by atoms with Crippen LogP contribution in [-0.4, -0.2) is 16.9 Å². The second-order valence-corrected chi connectivity index (χ2v) is 4.28. The SMILES string of the molecule is O=C(O)C1CC2C(=O)C1C1CC21. The molecule has 0 aromatic rings. The maximum Gasteiger partial charge on any atom is 0.307 e. The smallest absolute Gasteiger partial charge is 0.307 e. The summed E-state index contributed by atoms with van der Waals surface area (Å²) < 4.78 is 0. The Bertz CT molecular complexity index is 283. The summed E-state index contributed by atoms with van der Waals surface area (Å²) >= 11 is 0. The molecule has 0 aliphatic heterocycles. The highest BCUT2D eigenvalue weighted by Crippen LogP contribution is 2.65. The summed E-state index contributed by atoms with van der Waals surface area (Å²) in [4.78, 5) is 22.2. The van der Waals surface area contributed by atoms with Crippen LogP contribution in [0.15, 0.2) is 0 Å². The lowest BCUT2D eigenvalue weighted by Crippen LogP contribution is -2.23. The van der Waals surface area contributed by atoms with E-state index in [0.29, 0.717) is 18.3 Å². The summed E-state index contributed by atoms with van der Waals surface area (Å²) in [7, 11) is 0. The third kappa shape index (κ3) is 0.551. The van der Waals surface area contributed by atoms with E-state index in [1.165, 1.54) is 0 Å². The number of ketones is 1. The average Bonchev–Trinajstić information content (AvgIpc) is 2.69. The minimum absolute atomic E-state index is 0.0995. The summed E-state index contributed by atoms with van der Waals surface area (Å²) in [6.45, 7) is 0. The van der Waals surface area contributed by atoms with Gasteiger partial charge in [0, 0.05) is 11.8 Å². The van der Waals surface area contributed by atoms with Gasteiger partial charge in [-0.3, -0.25) is 9.59 Å². The van der Waals surface area contributed by atoms with Gasteiger partial charge in [0.15, 0.2) is 0 Å². The number of fused-ring (bicyclic) bond motifs is 5. The first kappa shape index (κ1) is 6.63. The number of Topliss-reactive ketones (excluding diaryl/α,β-unsaturated/α-hetero) is 1. The van der Waals surface area contributed by atoms with E-state index >= 15 is 0 Å². The summed E-state index contributed by atoms with van der Waals surface area (Å²) in [6, 6.07) is 0. The van der Waals surface area contributed by atoms with Crippen LogP contribution in [0.1, 0.15) is 12.8 Å². The number of hydrogen-bond acceptors (Lipinski definition) is 2. The molecule has 64 valence electrons. The molecule has 5 atom stereocenters. The van der Waals surface area contributed by atoms with Crippen molar-refractivity contribution in [3.05, 3.63) is 0 Å². The zero-order chi connectivity index (χ0) is 8.46. The van der Waals surface area contributed by atoms with Crippen molar-refractivity contribution >= 4 is 11.8 Å². The largest absolute Gasteiger partial charge is 0.481 e. The second kappa shape index (κ2) is 1.73. The Morgan fingerprint density at radius 2 is 2.08 bits per heavy atom. The summed E-state index contributed by atoms with van der Waals surface area (Å²) in [5.74, 6) is 0.213. The van der Waals surface area contributed by atoms with E-state index in [1.807, 2.05) is 0 Å². The van der Waals surface area contributed by atoms with Crippen molar-refractivity contribution in [2.24, 2.45) is 29.6 Å². The van der Waals surface area contributed by atoms with Gasteiger partial charge in [0.1, 0.15) is 5.78 Å². The van der Waals surface area contributed by atoms with Crippen molar-refractivity contribution in [3.8, 4) is 0 Å². The molecule has 3 rings (SSSR count). The molecule has 0 radical (unpaired) electrons. The fourth-order valence-corrected chi connectivity index (χ4v) is 3.24. The van der Waals surface area contributed by atoms with E-state index in [9.17, 15) is 9.59 Å². The third-order valence-corrected chi connectivity index (χ3v) is 3.82. The normalized spacial score (nSPS) is 54.0. The minimum atomic E-state index is -0.763. The number of rotatable bonds is 1. The predicted octanol–water partition coefficient (Wildman–Crippen LogP) is 0.542. The van der Waals surface area contributed by atoms with Gasteiger partial charge in [-0.15, -0.1) is 0 Å². The molecule has 1 N–H and O–H groups in total. The third-order valence-electron chi connectivity index (χ3n) is 3.82. The Morgan fingerprint density at radius 1 is 1.33 bits per heavy atom. The lowest BCUT2D eigenvalue weighted by molar-refractivity contribution is -0.144. The highest BCUT2D eigenvalue weighted by atomic mass is 16.4. The predicted molar refractivity (Wildman–Crippen MR) is 39.3 cm³/mol. The maximum atomic E-state index is 11.5. The Kier molecular flexibility index (Phi) is 0.955. The van der Waals surface area contributed by atoms with Gasteiger partial charge in [-0.05, 0) is 24.7 Å². The quantitative estimate of drug-likeness (QED) is 0.618. The Morgan fingerprint density at radius 3 is 2.58 bits per heavy atom. The van der Waals surface area contributed by atoms with Gasteiger partial charge in [-0.2, -0.15) is 0 Å². The van der Waals surface area contributed by atoms with Gasteiger partial charge in [0.25, 0.3) is 0 Å². The van der Waals surface area contributed by atoms with Crippen molar-refractivity contribution in [2.75, 3.05) is 0 Å². The fourth-order valence-electron chi connectivity index (χ4n) is 3.24. The van der Waals surface area contributed by atoms with Crippen molar-refractivity contribution in [1.29, 1.82) is 0 Å². The first-order chi connectivity index (χ1) is 5.70. The van der Waals surface area contributed by atoms with Crippen LogP contribution in [-0.2, 0) is 9.59 Å². The van der Waals surface area contributed by atoms with E-state index in [-0.39, 0.29) is 23.5 Å².